The third-order valence-corrected chi connectivity index (χ3v) is 2.98. The Balaban J connectivity index is 1.92. The standard InChI is InChI=1S/C15H10N2O2/c16-9-10-5-7-11(8-6-10)15-17-14(18)12-3-1-2-4-13(12)19-15/h1-8,15H,(H,17,18)/t15-/m0/s1. The van der Waals surface area contributed by atoms with Crippen LogP contribution in [0.2, 0.25) is 0 Å². The van der Waals surface area contributed by atoms with Gasteiger partial charge in [0.05, 0.1) is 17.2 Å². The summed E-state index contributed by atoms with van der Waals surface area (Å²) in [6.45, 7) is 0. The molecule has 0 bridgehead atoms. The molecule has 0 saturated heterocycles. The summed E-state index contributed by atoms with van der Waals surface area (Å²) in [6, 6.07) is 16.1. The summed E-state index contributed by atoms with van der Waals surface area (Å²) < 4.78 is 5.75. The Kier molecular flexibility index (Phi) is 2.66. The molecule has 1 N–H and O–H groups in total. The van der Waals surface area contributed by atoms with Crippen molar-refractivity contribution in [1.82, 2.24) is 5.32 Å². The van der Waals surface area contributed by atoms with Gasteiger partial charge in [-0.25, -0.2) is 0 Å². The number of fused-ring (bicyclic) bond motifs is 1. The van der Waals surface area contributed by atoms with Crippen LogP contribution in [0.3, 0.4) is 0 Å². The maximum atomic E-state index is 11.9. The third kappa shape index (κ3) is 2.02. The van der Waals surface area contributed by atoms with Crippen LogP contribution in [0.5, 0.6) is 5.75 Å². The van der Waals surface area contributed by atoms with Crippen molar-refractivity contribution < 1.29 is 9.53 Å². The first kappa shape index (κ1) is 11.3. The number of para-hydroxylation sites is 1. The Morgan fingerprint density at radius 2 is 1.84 bits per heavy atom. The monoisotopic (exact) mass is 250 g/mol. The van der Waals surface area contributed by atoms with E-state index in [0.29, 0.717) is 16.9 Å². The van der Waals surface area contributed by atoms with Gasteiger partial charge in [0.15, 0.2) is 6.23 Å². The predicted molar refractivity (Wildman–Crippen MR) is 68.4 cm³/mol. The predicted octanol–water partition coefficient (Wildman–Crippen LogP) is 2.38. The van der Waals surface area contributed by atoms with Gasteiger partial charge >= 0.3 is 0 Å². The molecule has 4 heteroatoms. The van der Waals surface area contributed by atoms with Crippen molar-refractivity contribution in [3.8, 4) is 11.8 Å². The Labute approximate surface area is 110 Å². The first-order chi connectivity index (χ1) is 9.28. The van der Waals surface area contributed by atoms with Gasteiger partial charge in [-0.15, -0.1) is 0 Å². The summed E-state index contributed by atoms with van der Waals surface area (Å²) in [5.74, 6) is 0.414. The maximum Gasteiger partial charge on any atom is 0.258 e. The van der Waals surface area contributed by atoms with Gasteiger partial charge in [0.2, 0.25) is 0 Å². The van der Waals surface area contributed by atoms with Crippen LogP contribution in [0, 0.1) is 11.3 Å². The molecule has 3 rings (SSSR count). The van der Waals surface area contributed by atoms with Crippen LogP contribution in [-0.4, -0.2) is 5.91 Å². The zero-order chi connectivity index (χ0) is 13.2. The van der Waals surface area contributed by atoms with E-state index in [2.05, 4.69) is 11.4 Å². The summed E-state index contributed by atoms with van der Waals surface area (Å²) in [5.41, 5.74) is 1.92. The van der Waals surface area contributed by atoms with Crippen LogP contribution in [0.15, 0.2) is 48.5 Å². The highest BCUT2D eigenvalue weighted by Crippen LogP contribution is 2.28. The first-order valence-electron chi connectivity index (χ1n) is 5.84. The highest BCUT2D eigenvalue weighted by Gasteiger charge is 2.25. The fourth-order valence-electron chi connectivity index (χ4n) is 1.99. The molecular weight excluding hydrogens is 240 g/mol. The normalized spacial score (nSPS) is 16.8. The molecule has 92 valence electrons. The van der Waals surface area contributed by atoms with Gasteiger partial charge in [-0.2, -0.15) is 5.26 Å². The molecule has 2 aromatic carbocycles. The summed E-state index contributed by atoms with van der Waals surface area (Å²) in [7, 11) is 0. The molecule has 4 nitrogen and oxygen atoms in total. The summed E-state index contributed by atoms with van der Waals surface area (Å²) in [4.78, 5) is 11.9. The highest BCUT2D eigenvalue weighted by molar-refractivity contribution is 5.97. The number of carbonyl (C=O) groups excluding carboxylic acids is 1. The van der Waals surface area contributed by atoms with E-state index in [0.717, 1.165) is 5.56 Å². The minimum Gasteiger partial charge on any atom is -0.466 e. The van der Waals surface area contributed by atoms with Crippen molar-refractivity contribution >= 4 is 5.91 Å². The average Bonchev–Trinajstić information content (AvgIpc) is 2.47. The largest absolute Gasteiger partial charge is 0.466 e. The van der Waals surface area contributed by atoms with Crippen molar-refractivity contribution in [1.29, 1.82) is 5.26 Å². The summed E-state index contributed by atoms with van der Waals surface area (Å²) >= 11 is 0. The van der Waals surface area contributed by atoms with Gasteiger partial charge in [0.25, 0.3) is 5.91 Å². The molecule has 0 fully saturated rings. The number of rotatable bonds is 1. The number of hydrogen-bond acceptors (Lipinski definition) is 3. The van der Waals surface area contributed by atoms with E-state index in [1.807, 2.05) is 6.07 Å². The van der Waals surface area contributed by atoms with Crippen LogP contribution >= 0.6 is 0 Å². The van der Waals surface area contributed by atoms with Gasteiger partial charge in [-0.05, 0) is 24.3 Å². The van der Waals surface area contributed by atoms with E-state index < -0.39 is 6.23 Å². The SMILES string of the molecule is N#Cc1ccc([C@H]2NC(=O)c3ccccc3O2)cc1. The fraction of sp³-hybridized carbons (Fsp3) is 0.0667. The minimum atomic E-state index is -0.518. The van der Waals surface area contributed by atoms with Crippen molar-refractivity contribution in [3.05, 3.63) is 65.2 Å². The number of amides is 1. The number of nitrogens with zero attached hydrogens (tertiary/aromatic N) is 1. The molecule has 0 aliphatic carbocycles. The fourth-order valence-corrected chi connectivity index (χ4v) is 1.99. The lowest BCUT2D eigenvalue weighted by molar-refractivity contribution is 0.0756. The molecule has 1 atom stereocenters. The zero-order valence-corrected chi connectivity index (χ0v) is 9.96. The molecule has 1 aliphatic rings. The number of nitrogens with one attached hydrogen (secondary N) is 1. The molecule has 1 amide bonds. The van der Waals surface area contributed by atoms with E-state index >= 15 is 0 Å². The molecule has 1 heterocycles. The molecule has 0 saturated carbocycles. The quantitative estimate of drug-likeness (QED) is 0.845. The van der Waals surface area contributed by atoms with Gasteiger partial charge in [0.1, 0.15) is 5.75 Å². The van der Waals surface area contributed by atoms with Crippen LogP contribution in [0.4, 0.5) is 0 Å². The molecule has 1 aliphatic heterocycles. The Morgan fingerprint density at radius 3 is 2.58 bits per heavy atom. The topological polar surface area (TPSA) is 62.1 Å². The van der Waals surface area contributed by atoms with Crippen molar-refractivity contribution in [2.24, 2.45) is 0 Å². The summed E-state index contributed by atoms with van der Waals surface area (Å²) in [5, 5.41) is 11.5. The lowest BCUT2D eigenvalue weighted by Gasteiger charge is -2.26. The van der Waals surface area contributed by atoms with E-state index in [1.54, 1.807) is 42.5 Å². The second-order valence-corrected chi connectivity index (χ2v) is 4.20. The molecule has 0 aromatic heterocycles. The van der Waals surface area contributed by atoms with E-state index in [1.165, 1.54) is 0 Å². The maximum absolute atomic E-state index is 11.9. The molecule has 0 radical (unpaired) electrons. The zero-order valence-electron chi connectivity index (χ0n) is 9.96. The lowest BCUT2D eigenvalue weighted by atomic mass is 10.1. The lowest BCUT2D eigenvalue weighted by Crippen LogP contribution is -2.36. The van der Waals surface area contributed by atoms with Gasteiger partial charge < -0.3 is 10.1 Å². The molecule has 0 spiro atoms. The molecule has 0 unspecified atom stereocenters. The Hall–Kier alpha value is -2.80. The Morgan fingerprint density at radius 1 is 1.11 bits per heavy atom. The average molecular weight is 250 g/mol. The second kappa shape index (κ2) is 4.46. The number of ether oxygens (including phenoxy) is 1. The number of benzene rings is 2. The number of hydrogen-bond donors (Lipinski definition) is 1. The first-order valence-corrected chi connectivity index (χ1v) is 5.84. The van der Waals surface area contributed by atoms with Gasteiger partial charge in [-0.1, -0.05) is 24.3 Å². The van der Waals surface area contributed by atoms with Crippen molar-refractivity contribution in [2.45, 2.75) is 6.23 Å². The highest BCUT2D eigenvalue weighted by atomic mass is 16.5. The van der Waals surface area contributed by atoms with Crippen LogP contribution in [0.25, 0.3) is 0 Å². The molecule has 19 heavy (non-hydrogen) atoms. The number of nitriles is 1. The van der Waals surface area contributed by atoms with Crippen molar-refractivity contribution in [3.63, 3.8) is 0 Å². The van der Waals surface area contributed by atoms with Crippen LogP contribution < -0.4 is 10.1 Å². The Bertz CT molecular complexity index is 671. The second-order valence-electron chi connectivity index (χ2n) is 4.20. The molecule has 2 aromatic rings. The minimum absolute atomic E-state index is 0.156. The molecular formula is C15H10N2O2. The summed E-state index contributed by atoms with van der Waals surface area (Å²) in [6.07, 6.45) is -0.518. The van der Waals surface area contributed by atoms with E-state index in [-0.39, 0.29) is 5.91 Å². The number of carbonyl (C=O) groups is 1. The van der Waals surface area contributed by atoms with Gasteiger partial charge in [-0.3, -0.25) is 4.79 Å². The van der Waals surface area contributed by atoms with Crippen LogP contribution in [-0.2, 0) is 0 Å². The van der Waals surface area contributed by atoms with Crippen LogP contribution in [0.1, 0.15) is 27.7 Å². The van der Waals surface area contributed by atoms with Gasteiger partial charge in [0, 0.05) is 5.56 Å². The van der Waals surface area contributed by atoms with E-state index in [9.17, 15) is 4.79 Å². The third-order valence-electron chi connectivity index (χ3n) is 2.98. The van der Waals surface area contributed by atoms with E-state index in [4.69, 9.17) is 10.00 Å². The van der Waals surface area contributed by atoms with Crippen molar-refractivity contribution in [2.75, 3.05) is 0 Å². The smallest absolute Gasteiger partial charge is 0.258 e.